The Morgan fingerprint density at radius 3 is 1.84 bits per heavy atom. The van der Waals surface area contributed by atoms with Crippen LogP contribution in [-0.4, -0.2) is 115 Å². The molecule has 0 aliphatic carbocycles. The van der Waals surface area contributed by atoms with Gasteiger partial charge in [-0.1, -0.05) is 77.6 Å². The van der Waals surface area contributed by atoms with E-state index in [4.69, 9.17) is 9.47 Å². The smallest absolute Gasteiger partial charge is 0.251 e. The van der Waals surface area contributed by atoms with Gasteiger partial charge in [0.1, 0.15) is 36.6 Å². The Morgan fingerprint density at radius 1 is 0.811 bits per heavy atom. The molecule has 1 heterocycles. The van der Waals surface area contributed by atoms with Gasteiger partial charge in [0.05, 0.1) is 6.61 Å². The normalized spacial score (nSPS) is 27.4. The summed E-state index contributed by atoms with van der Waals surface area (Å²) in [5.74, 6) is -0.921. The summed E-state index contributed by atoms with van der Waals surface area (Å²) in [7, 11) is 0. The van der Waals surface area contributed by atoms with Gasteiger partial charge >= 0.3 is 0 Å². The van der Waals surface area contributed by atoms with E-state index in [2.05, 4.69) is 12.2 Å². The van der Waals surface area contributed by atoms with Crippen molar-refractivity contribution in [2.24, 2.45) is 0 Å². The van der Waals surface area contributed by atoms with Crippen molar-refractivity contribution in [1.82, 2.24) is 5.32 Å². The molecular formula is C25H49NO11. The minimum atomic E-state index is -2.05. The standard InChI is InChI=1S/C25H49NO11/c1-2-3-4-5-6-7-8-9-10-11-12-13-14-26-23(34)19(31)18(30)22(16(28)15-27)36-25-21(33)17(29)20(32)24(35)37-25/h16-22,24-25,27-33,35H,2-15H2,1H3,(H,26,34). The zero-order chi connectivity index (χ0) is 27.8. The molecule has 0 bridgehead atoms. The molecule has 9 atom stereocenters. The summed E-state index contributed by atoms with van der Waals surface area (Å²) in [5, 5.41) is 81.4. The third-order valence-electron chi connectivity index (χ3n) is 6.66. The van der Waals surface area contributed by atoms with Gasteiger partial charge in [0.25, 0.3) is 5.91 Å². The number of aliphatic hydroxyl groups excluding tert-OH is 8. The summed E-state index contributed by atoms with van der Waals surface area (Å²) in [5.41, 5.74) is 0. The topological polar surface area (TPSA) is 209 Å². The van der Waals surface area contributed by atoms with E-state index in [1.807, 2.05) is 0 Å². The van der Waals surface area contributed by atoms with Gasteiger partial charge in [-0.05, 0) is 6.42 Å². The summed E-state index contributed by atoms with van der Waals surface area (Å²) in [4.78, 5) is 12.3. The van der Waals surface area contributed by atoms with Crippen LogP contribution in [0.15, 0.2) is 0 Å². The molecule has 0 spiro atoms. The summed E-state index contributed by atoms with van der Waals surface area (Å²) in [6.07, 6.45) is -3.23. The minimum absolute atomic E-state index is 0.273. The van der Waals surface area contributed by atoms with Crippen LogP contribution in [0, 0.1) is 0 Å². The molecule has 37 heavy (non-hydrogen) atoms. The minimum Gasteiger partial charge on any atom is -0.394 e. The highest BCUT2D eigenvalue weighted by molar-refractivity contribution is 5.81. The maximum absolute atomic E-state index is 12.3. The van der Waals surface area contributed by atoms with Gasteiger partial charge in [0.2, 0.25) is 0 Å². The quantitative estimate of drug-likeness (QED) is 0.0859. The van der Waals surface area contributed by atoms with Gasteiger partial charge < -0.3 is 55.6 Å². The molecule has 12 nitrogen and oxygen atoms in total. The van der Waals surface area contributed by atoms with Crippen LogP contribution in [0.4, 0.5) is 0 Å². The van der Waals surface area contributed by atoms with Crippen LogP contribution in [0.25, 0.3) is 0 Å². The molecule has 1 fully saturated rings. The molecule has 1 aliphatic heterocycles. The van der Waals surface area contributed by atoms with E-state index >= 15 is 0 Å². The molecule has 1 rings (SSSR count). The van der Waals surface area contributed by atoms with Crippen LogP contribution >= 0.6 is 0 Å². The number of carbonyl (C=O) groups is 1. The van der Waals surface area contributed by atoms with E-state index in [-0.39, 0.29) is 6.54 Å². The highest BCUT2D eigenvalue weighted by Crippen LogP contribution is 2.24. The molecule has 220 valence electrons. The van der Waals surface area contributed by atoms with Crippen molar-refractivity contribution in [3.05, 3.63) is 0 Å². The molecule has 0 radical (unpaired) electrons. The molecule has 0 aromatic carbocycles. The van der Waals surface area contributed by atoms with Crippen molar-refractivity contribution in [1.29, 1.82) is 0 Å². The van der Waals surface area contributed by atoms with Gasteiger partial charge in [-0.15, -0.1) is 0 Å². The number of nitrogens with one attached hydrogen (secondary N) is 1. The van der Waals surface area contributed by atoms with E-state index in [1.165, 1.54) is 51.4 Å². The molecule has 0 aromatic rings. The van der Waals surface area contributed by atoms with Crippen LogP contribution in [0.5, 0.6) is 0 Å². The Hall–Kier alpha value is -0.930. The van der Waals surface area contributed by atoms with E-state index in [0.717, 1.165) is 19.3 Å². The Labute approximate surface area is 219 Å². The molecule has 0 saturated carbocycles. The first kappa shape index (κ1) is 34.1. The molecule has 9 N–H and O–H groups in total. The van der Waals surface area contributed by atoms with Gasteiger partial charge in [-0.2, -0.15) is 0 Å². The summed E-state index contributed by atoms with van der Waals surface area (Å²) >= 11 is 0. The summed E-state index contributed by atoms with van der Waals surface area (Å²) < 4.78 is 10.0. The Morgan fingerprint density at radius 2 is 1.32 bits per heavy atom. The van der Waals surface area contributed by atoms with Crippen LogP contribution < -0.4 is 5.32 Å². The average Bonchev–Trinajstić information content (AvgIpc) is 2.89. The predicted octanol–water partition coefficient (Wildman–Crippen LogP) is -0.979. The lowest BCUT2D eigenvalue weighted by Crippen LogP contribution is -2.61. The lowest BCUT2D eigenvalue weighted by Gasteiger charge is -2.40. The number of carbonyl (C=O) groups excluding carboxylic acids is 1. The third-order valence-corrected chi connectivity index (χ3v) is 6.66. The molecule has 0 aromatic heterocycles. The van der Waals surface area contributed by atoms with Crippen LogP contribution in [-0.2, 0) is 14.3 Å². The van der Waals surface area contributed by atoms with Crippen molar-refractivity contribution in [2.75, 3.05) is 13.2 Å². The number of amides is 1. The van der Waals surface area contributed by atoms with Gasteiger partial charge in [-0.25, -0.2) is 0 Å². The van der Waals surface area contributed by atoms with Crippen molar-refractivity contribution >= 4 is 5.91 Å². The van der Waals surface area contributed by atoms with Gasteiger partial charge in [-0.3, -0.25) is 4.79 Å². The predicted molar refractivity (Wildman–Crippen MR) is 133 cm³/mol. The number of unbranched alkanes of at least 4 members (excludes halogenated alkanes) is 11. The second-order valence-corrected chi connectivity index (χ2v) is 9.83. The van der Waals surface area contributed by atoms with Gasteiger partial charge in [0, 0.05) is 6.54 Å². The van der Waals surface area contributed by atoms with Crippen LogP contribution in [0.1, 0.15) is 84.0 Å². The van der Waals surface area contributed by atoms with Crippen LogP contribution in [0.3, 0.4) is 0 Å². The third kappa shape index (κ3) is 12.2. The Balaban J connectivity index is 2.36. The SMILES string of the molecule is CCCCCCCCCCCCCCNC(=O)C(O)C(O)C(OC1OC(O)C(O)C(O)C1O)C(O)CO. The second kappa shape index (κ2) is 19.2. The first-order chi connectivity index (χ1) is 17.6. The number of hydrogen-bond donors (Lipinski definition) is 9. The highest BCUT2D eigenvalue weighted by Gasteiger charge is 2.47. The maximum atomic E-state index is 12.3. The summed E-state index contributed by atoms with van der Waals surface area (Å²) in [6, 6.07) is 0. The molecule has 9 unspecified atom stereocenters. The fourth-order valence-corrected chi connectivity index (χ4v) is 4.22. The summed E-state index contributed by atoms with van der Waals surface area (Å²) in [6.45, 7) is 1.54. The highest BCUT2D eigenvalue weighted by atomic mass is 16.8. The fourth-order valence-electron chi connectivity index (χ4n) is 4.22. The van der Waals surface area contributed by atoms with E-state index in [9.17, 15) is 45.6 Å². The van der Waals surface area contributed by atoms with Crippen molar-refractivity contribution < 1.29 is 55.1 Å². The van der Waals surface area contributed by atoms with E-state index < -0.39 is 67.8 Å². The number of hydrogen-bond acceptors (Lipinski definition) is 11. The van der Waals surface area contributed by atoms with Crippen molar-refractivity contribution in [2.45, 2.75) is 139 Å². The lowest BCUT2D eigenvalue weighted by molar-refractivity contribution is -0.358. The number of aliphatic hydroxyl groups is 8. The zero-order valence-corrected chi connectivity index (χ0v) is 21.9. The van der Waals surface area contributed by atoms with E-state index in [0.29, 0.717) is 6.42 Å². The second-order valence-electron chi connectivity index (χ2n) is 9.83. The first-order valence-electron chi connectivity index (χ1n) is 13.6. The Bertz CT molecular complexity index is 599. The van der Waals surface area contributed by atoms with Crippen molar-refractivity contribution in [3.63, 3.8) is 0 Å². The first-order valence-corrected chi connectivity index (χ1v) is 13.6. The molecule has 1 saturated heterocycles. The maximum Gasteiger partial charge on any atom is 0.251 e. The fraction of sp³-hybridized carbons (Fsp3) is 0.960. The molecule has 1 aliphatic rings. The lowest BCUT2D eigenvalue weighted by atomic mass is 10.0. The molecule has 1 amide bonds. The van der Waals surface area contributed by atoms with Crippen molar-refractivity contribution in [3.8, 4) is 0 Å². The number of ether oxygens (including phenoxy) is 2. The largest absolute Gasteiger partial charge is 0.394 e. The Kier molecular flexibility index (Phi) is 17.7. The average molecular weight is 540 g/mol. The molecule has 12 heteroatoms. The monoisotopic (exact) mass is 539 g/mol. The zero-order valence-electron chi connectivity index (χ0n) is 21.9. The van der Waals surface area contributed by atoms with E-state index in [1.54, 1.807) is 0 Å². The van der Waals surface area contributed by atoms with Crippen LogP contribution in [0.2, 0.25) is 0 Å². The van der Waals surface area contributed by atoms with Gasteiger partial charge in [0.15, 0.2) is 18.7 Å². The molecular weight excluding hydrogens is 490 g/mol. The number of rotatable bonds is 20.